The van der Waals surface area contributed by atoms with E-state index in [0.29, 0.717) is 11.4 Å². The van der Waals surface area contributed by atoms with E-state index in [1.54, 1.807) is 36.2 Å². The largest absolute Gasteiger partial charge is 0.340 e. The molecule has 21 heavy (non-hydrogen) atoms. The van der Waals surface area contributed by atoms with Crippen LogP contribution in [0.4, 0.5) is 11.4 Å². The fraction of sp³-hybridized carbons (Fsp3) is 0.0588. The van der Waals surface area contributed by atoms with Gasteiger partial charge in [0.25, 0.3) is 11.8 Å². The van der Waals surface area contributed by atoms with Gasteiger partial charge in [0.2, 0.25) is 0 Å². The molecule has 0 saturated carbocycles. The molecule has 0 spiro atoms. The minimum atomic E-state index is -0.316. The Morgan fingerprint density at radius 2 is 1.43 bits per heavy atom. The van der Waals surface area contributed by atoms with Gasteiger partial charge in [-0.05, 0) is 24.3 Å². The standard InChI is InChI=1S/C17H14N2O2/c1-18(13-8-4-2-5-9-13)15-12-16(20)19(17(15)21)14-10-6-3-7-11-14/h2-12H,1H3. The van der Waals surface area contributed by atoms with Crippen molar-refractivity contribution in [3.8, 4) is 0 Å². The molecule has 1 heterocycles. The number of hydrogen-bond acceptors (Lipinski definition) is 3. The van der Waals surface area contributed by atoms with E-state index in [4.69, 9.17) is 0 Å². The zero-order valence-corrected chi connectivity index (χ0v) is 11.6. The lowest BCUT2D eigenvalue weighted by molar-refractivity contribution is -0.120. The van der Waals surface area contributed by atoms with Crippen LogP contribution in [0.5, 0.6) is 0 Å². The lowest BCUT2D eigenvalue weighted by Crippen LogP contribution is -2.34. The minimum Gasteiger partial charge on any atom is -0.340 e. The van der Waals surface area contributed by atoms with Crippen molar-refractivity contribution in [2.75, 3.05) is 16.8 Å². The van der Waals surface area contributed by atoms with Crippen LogP contribution in [0.3, 0.4) is 0 Å². The first-order chi connectivity index (χ1) is 10.2. The summed E-state index contributed by atoms with van der Waals surface area (Å²) in [6.07, 6.45) is 1.38. The van der Waals surface area contributed by atoms with Gasteiger partial charge < -0.3 is 4.90 Å². The second-order valence-corrected chi connectivity index (χ2v) is 4.74. The van der Waals surface area contributed by atoms with Crippen LogP contribution in [-0.2, 0) is 9.59 Å². The zero-order chi connectivity index (χ0) is 14.8. The summed E-state index contributed by atoms with van der Waals surface area (Å²) >= 11 is 0. The Kier molecular flexibility index (Phi) is 3.28. The normalized spacial score (nSPS) is 14.3. The maximum Gasteiger partial charge on any atom is 0.282 e. The van der Waals surface area contributed by atoms with Crippen LogP contribution in [0, 0.1) is 0 Å². The predicted octanol–water partition coefficient (Wildman–Crippen LogP) is 2.58. The number of para-hydroxylation sites is 2. The van der Waals surface area contributed by atoms with Crippen molar-refractivity contribution < 1.29 is 9.59 Å². The lowest BCUT2D eigenvalue weighted by Gasteiger charge is -2.21. The number of carbonyl (C=O) groups excluding carboxylic acids is 2. The molecule has 0 atom stereocenters. The molecule has 4 heteroatoms. The van der Waals surface area contributed by atoms with E-state index in [0.717, 1.165) is 5.69 Å². The Hall–Kier alpha value is -2.88. The van der Waals surface area contributed by atoms with Crippen LogP contribution in [0.25, 0.3) is 0 Å². The minimum absolute atomic E-state index is 0.308. The molecule has 3 rings (SSSR count). The third kappa shape index (κ3) is 2.31. The van der Waals surface area contributed by atoms with Gasteiger partial charge in [0.15, 0.2) is 0 Å². The van der Waals surface area contributed by atoms with E-state index in [1.165, 1.54) is 11.0 Å². The van der Waals surface area contributed by atoms with Crippen molar-refractivity contribution >= 4 is 23.2 Å². The molecule has 2 aromatic carbocycles. The highest BCUT2D eigenvalue weighted by Gasteiger charge is 2.34. The molecule has 104 valence electrons. The van der Waals surface area contributed by atoms with Crippen LogP contribution in [-0.4, -0.2) is 18.9 Å². The molecule has 0 saturated heterocycles. The summed E-state index contributed by atoms with van der Waals surface area (Å²) in [5.41, 5.74) is 1.81. The zero-order valence-electron chi connectivity index (χ0n) is 11.6. The molecule has 0 N–H and O–H groups in total. The molecule has 4 nitrogen and oxygen atoms in total. The summed E-state index contributed by atoms with van der Waals surface area (Å²) < 4.78 is 0. The Balaban J connectivity index is 1.91. The van der Waals surface area contributed by atoms with E-state index in [9.17, 15) is 9.59 Å². The highest BCUT2D eigenvalue weighted by atomic mass is 16.2. The van der Waals surface area contributed by atoms with Gasteiger partial charge in [-0.2, -0.15) is 0 Å². The molecule has 0 aliphatic carbocycles. The van der Waals surface area contributed by atoms with Gasteiger partial charge in [0.1, 0.15) is 5.70 Å². The number of likely N-dealkylation sites (N-methyl/N-ethyl adjacent to an activating group) is 1. The molecular formula is C17H14N2O2. The van der Waals surface area contributed by atoms with Crippen molar-refractivity contribution in [3.63, 3.8) is 0 Å². The molecule has 1 aliphatic heterocycles. The van der Waals surface area contributed by atoms with E-state index in [2.05, 4.69) is 0 Å². The van der Waals surface area contributed by atoms with Gasteiger partial charge >= 0.3 is 0 Å². The quantitative estimate of drug-likeness (QED) is 0.810. The molecule has 0 radical (unpaired) electrons. The average Bonchev–Trinajstić information content (AvgIpc) is 2.83. The topological polar surface area (TPSA) is 40.6 Å². The summed E-state index contributed by atoms with van der Waals surface area (Å²) in [5.74, 6) is -0.624. The van der Waals surface area contributed by atoms with Crippen molar-refractivity contribution in [2.24, 2.45) is 0 Å². The lowest BCUT2D eigenvalue weighted by atomic mass is 10.2. The van der Waals surface area contributed by atoms with E-state index < -0.39 is 0 Å². The predicted molar refractivity (Wildman–Crippen MR) is 81.9 cm³/mol. The van der Waals surface area contributed by atoms with Crippen LogP contribution < -0.4 is 9.80 Å². The highest BCUT2D eigenvalue weighted by Crippen LogP contribution is 2.26. The Morgan fingerprint density at radius 3 is 2.05 bits per heavy atom. The number of hydrogen-bond donors (Lipinski definition) is 0. The van der Waals surface area contributed by atoms with Crippen molar-refractivity contribution in [1.82, 2.24) is 0 Å². The van der Waals surface area contributed by atoms with Gasteiger partial charge in [0.05, 0.1) is 5.69 Å². The number of carbonyl (C=O) groups is 2. The van der Waals surface area contributed by atoms with Crippen LogP contribution in [0.2, 0.25) is 0 Å². The van der Waals surface area contributed by atoms with Crippen LogP contribution in [0.15, 0.2) is 72.4 Å². The molecule has 0 fully saturated rings. The Bertz CT molecular complexity index is 708. The number of amides is 2. The number of imide groups is 1. The third-order valence-electron chi connectivity index (χ3n) is 3.42. The first kappa shape index (κ1) is 13.1. The average molecular weight is 278 g/mol. The molecule has 2 amide bonds. The Morgan fingerprint density at radius 1 is 0.857 bits per heavy atom. The van der Waals surface area contributed by atoms with Crippen LogP contribution >= 0.6 is 0 Å². The monoisotopic (exact) mass is 278 g/mol. The van der Waals surface area contributed by atoms with Crippen molar-refractivity contribution in [1.29, 1.82) is 0 Å². The summed E-state index contributed by atoms with van der Waals surface area (Å²) in [6.45, 7) is 0. The first-order valence-electron chi connectivity index (χ1n) is 6.62. The van der Waals surface area contributed by atoms with Gasteiger partial charge in [-0.3, -0.25) is 9.59 Å². The summed E-state index contributed by atoms with van der Waals surface area (Å²) in [7, 11) is 1.78. The van der Waals surface area contributed by atoms with Gasteiger partial charge in [-0.25, -0.2) is 4.90 Å². The molecule has 2 aromatic rings. The SMILES string of the molecule is CN(C1=CC(=O)N(c2ccccc2)C1=O)c1ccccc1. The third-order valence-corrected chi connectivity index (χ3v) is 3.42. The highest BCUT2D eigenvalue weighted by molar-refractivity contribution is 6.31. The van der Waals surface area contributed by atoms with Crippen molar-refractivity contribution in [3.05, 3.63) is 72.4 Å². The summed E-state index contributed by atoms with van der Waals surface area (Å²) in [5, 5.41) is 0. The number of rotatable bonds is 3. The second-order valence-electron chi connectivity index (χ2n) is 4.74. The first-order valence-corrected chi connectivity index (χ1v) is 6.62. The smallest absolute Gasteiger partial charge is 0.282 e. The Labute approximate surface area is 122 Å². The maximum absolute atomic E-state index is 12.5. The maximum atomic E-state index is 12.5. The van der Waals surface area contributed by atoms with E-state index >= 15 is 0 Å². The summed E-state index contributed by atoms with van der Waals surface area (Å²) in [4.78, 5) is 27.6. The number of nitrogens with zero attached hydrogens (tertiary/aromatic N) is 2. The van der Waals surface area contributed by atoms with Gasteiger partial charge in [-0.1, -0.05) is 36.4 Å². The van der Waals surface area contributed by atoms with Gasteiger partial charge in [-0.15, -0.1) is 0 Å². The van der Waals surface area contributed by atoms with E-state index in [1.807, 2.05) is 36.4 Å². The fourth-order valence-electron chi connectivity index (χ4n) is 2.31. The second kappa shape index (κ2) is 5.25. The number of anilines is 2. The van der Waals surface area contributed by atoms with Crippen LogP contribution in [0.1, 0.15) is 0 Å². The molecule has 0 unspecified atom stereocenters. The molecule has 0 aromatic heterocycles. The molecule has 1 aliphatic rings. The molecular weight excluding hydrogens is 264 g/mol. The summed E-state index contributed by atoms with van der Waals surface area (Å²) in [6, 6.07) is 18.4. The van der Waals surface area contributed by atoms with Gasteiger partial charge in [0, 0.05) is 18.8 Å². The van der Waals surface area contributed by atoms with Crippen molar-refractivity contribution in [2.45, 2.75) is 0 Å². The molecule has 0 bridgehead atoms. The fourth-order valence-corrected chi connectivity index (χ4v) is 2.31. The number of benzene rings is 2. The van der Waals surface area contributed by atoms with E-state index in [-0.39, 0.29) is 11.8 Å².